The van der Waals surface area contributed by atoms with E-state index in [-0.39, 0.29) is 22.2 Å². The van der Waals surface area contributed by atoms with Crippen LogP contribution < -0.4 is 15.8 Å². The van der Waals surface area contributed by atoms with Gasteiger partial charge in [0, 0.05) is 12.7 Å². The maximum absolute atomic E-state index is 12.6. The highest BCUT2D eigenvalue weighted by Crippen LogP contribution is 2.29. The maximum Gasteiger partial charge on any atom is 0.249 e. The van der Waals surface area contributed by atoms with E-state index in [0.717, 1.165) is 28.0 Å². The SMILES string of the molecule is Cc1nc(N(C)C(=O)Cc2ccc(-c3cccc(N)c3)cc2)sc1S(N)(=O)=O. The molecule has 0 atom stereocenters. The molecule has 1 amide bonds. The highest BCUT2D eigenvalue weighted by atomic mass is 32.2. The van der Waals surface area contributed by atoms with Crippen LogP contribution in [0.25, 0.3) is 11.1 Å². The summed E-state index contributed by atoms with van der Waals surface area (Å²) in [6.07, 6.45) is 0.164. The minimum Gasteiger partial charge on any atom is -0.399 e. The fourth-order valence-electron chi connectivity index (χ4n) is 2.71. The molecule has 1 heterocycles. The zero-order chi connectivity index (χ0) is 20.5. The van der Waals surface area contributed by atoms with E-state index in [1.54, 1.807) is 14.0 Å². The number of hydrogen-bond acceptors (Lipinski definition) is 6. The first-order valence-corrected chi connectivity index (χ1v) is 10.7. The van der Waals surface area contributed by atoms with Crippen molar-refractivity contribution in [2.75, 3.05) is 17.7 Å². The average molecular weight is 417 g/mol. The molecule has 4 N–H and O–H groups in total. The van der Waals surface area contributed by atoms with E-state index in [0.29, 0.717) is 10.8 Å². The van der Waals surface area contributed by atoms with Crippen molar-refractivity contribution in [2.24, 2.45) is 5.14 Å². The summed E-state index contributed by atoms with van der Waals surface area (Å²) < 4.78 is 23.1. The molecule has 0 aliphatic heterocycles. The fraction of sp³-hybridized carbons (Fsp3) is 0.158. The molecule has 0 saturated carbocycles. The molecule has 0 spiro atoms. The Morgan fingerprint density at radius 2 is 1.82 bits per heavy atom. The Labute approximate surface area is 167 Å². The Hall–Kier alpha value is -2.75. The summed E-state index contributed by atoms with van der Waals surface area (Å²) in [6.45, 7) is 1.55. The number of thiazole rings is 1. The van der Waals surface area contributed by atoms with Crippen molar-refractivity contribution in [3.05, 3.63) is 59.8 Å². The van der Waals surface area contributed by atoms with E-state index in [2.05, 4.69) is 4.98 Å². The fourth-order valence-corrected chi connectivity index (χ4v) is 4.64. The van der Waals surface area contributed by atoms with Crippen molar-refractivity contribution < 1.29 is 13.2 Å². The lowest BCUT2D eigenvalue weighted by Crippen LogP contribution is -2.27. The molecule has 0 bridgehead atoms. The highest BCUT2D eigenvalue weighted by Gasteiger charge is 2.22. The smallest absolute Gasteiger partial charge is 0.249 e. The molecular formula is C19H20N4O3S2. The lowest BCUT2D eigenvalue weighted by atomic mass is 10.0. The number of likely N-dealkylation sites (N-methyl/N-ethyl adjacent to an activating group) is 1. The Bertz CT molecular complexity index is 1120. The molecule has 0 radical (unpaired) electrons. The summed E-state index contributed by atoms with van der Waals surface area (Å²) in [4.78, 5) is 18.1. The summed E-state index contributed by atoms with van der Waals surface area (Å²) in [5.41, 5.74) is 9.64. The first-order valence-electron chi connectivity index (χ1n) is 8.37. The second-order valence-electron chi connectivity index (χ2n) is 6.37. The molecule has 0 aliphatic carbocycles. The van der Waals surface area contributed by atoms with Crippen molar-refractivity contribution >= 4 is 38.1 Å². The van der Waals surface area contributed by atoms with E-state index in [1.165, 1.54) is 4.90 Å². The van der Waals surface area contributed by atoms with Gasteiger partial charge in [-0.05, 0) is 35.7 Å². The van der Waals surface area contributed by atoms with Gasteiger partial charge in [0.2, 0.25) is 15.9 Å². The number of rotatable bonds is 5. The number of primary sulfonamides is 1. The van der Waals surface area contributed by atoms with Crippen molar-refractivity contribution in [1.29, 1.82) is 0 Å². The van der Waals surface area contributed by atoms with Crippen LogP contribution in [0.3, 0.4) is 0 Å². The third-order valence-corrected chi connectivity index (χ3v) is 6.98. The molecule has 0 aliphatic rings. The monoisotopic (exact) mass is 416 g/mol. The number of carbonyl (C=O) groups excluding carboxylic acids is 1. The second kappa shape index (κ2) is 7.70. The van der Waals surface area contributed by atoms with Crippen molar-refractivity contribution in [3.8, 4) is 11.1 Å². The molecule has 0 unspecified atom stereocenters. The van der Waals surface area contributed by atoms with Gasteiger partial charge in [-0.2, -0.15) is 0 Å². The minimum atomic E-state index is -3.86. The van der Waals surface area contributed by atoms with E-state index in [4.69, 9.17) is 10.9 Å². The lowest BCUT2D eigenvalue weighted by molar-refractivity contribution is -0.117. The number of aromatic nitrogens is 1. The van der Waals surface area contributed by atoms with E-state index >= 15 is 0 Å². The quantitative estimate of drug-likeness (QED) is 0.620. The van der Waals surface area contributed by atoms with Crippen LogP contribution in [0.4, 0.5) is 10.8 Å². The molecule has 0 saturated heterocycles. The number of anilines is 2. The molecule has 9 heteroatoms. The van der Waals surface area contributed by atoms with E-state index in [1.807, 2.05) is 48.5 Å². The number of hydrogen-bond donors (Lipinski definition) is 2. The Balaban J connectivity index is 1.74. The van der Waals surface area contributed by atoms with Gasteiger partial charge in [0.25, 0.3) is 0 Å². The Morgan fingerprint density at radius 3 is 2.39 bits per heavy atom. The van der Waals surface area contributed by atoms with Crippen LogP contribution >= 0.6 is 11.3 Å². The molecule has 0 fully saturated rings. The molecule has 28 heavy (non-hydrogen) atoms. The van der Waals surface area contributed by atoms with E-state index in [9.17, 15) is 13.2 Å². The predicted molar refractivity (Wildman–Crippen MR) is 112 cm³/mol. The molecule has 2 aromatic carbocycles. The van der Waals surface area contributed by atoms with Gasteiger partial charge in [-0.1, -0.05) is 47.7 Å². The van der Waals surface area contributed by atoms with Gasteiger partial charge in [0.15, 0.2) is 9.34 Å². The third-order valence-electron chi connectivity index (χ3n) is 4.19. The normalized spacial score (nSPS) is 11.4. The Morgan fingerprint density at radius 1 is 1.14 bits per heavy atom. The van der Waals surface area contributed by atoms with Crippen molar-refractivity contribution in [3.63, 3.8) is 0 Å². The van der Waals surface area contributed by atoms with Crippen LogP contribution in [0.2, 0.25) is 0 Å². The molecular weight excluding hydrogens is 396 g/mol. The number of amides is 1. The zero-order valence-corrected chi connectivity index (χ0v) is 17.0. The van der Waals surface area contributed by atoms with Crippen LogP contribution in [0.15, 0.2) is 52.7 Å². The molecule has 1 aromatic heterocycles. The lowest BCUT2D eigenvalue weighted by Gasteiger charge is -2.14. The Kier molecular flexibility index (Phi) is 5.50. The first kappa shape index (κ1) is 20.0. The van der Waals surface area contributed by atoms with Gasteiger partial charge >= 0.3 is 0 Å². The summed E-state index contributed by atoms with van der Waals surface area (Å²) in [5.74, 6) is -0.202. The number of sulfonamides is 1. The first-order chi connectivity index (χ1) is 13.1. The summed E-state index contributed by atoms with van der Waals surface area (Å²) >= 11 is 0.884. The number of nitrogens with zero attached hydrogens (tertiary/aromatic N) is 2. The topological polar surface area (TPSA) is 119 Å². The van der Waals surface area contributed by atoms with Crippen LogP contribution in [0, 0.1) is 6.92 Å². The standard InChI is InChI=1S/C19H20N4O3S2/c1-12-18(28(21,25)26)27-19(22-12)23(2)17(24)10-13-6-8-14(9-7-13)15-4-3-5-16(20)11-15/h3-9,11H,10,20H2,1-2H3,(H2,21,25,26). The maximum atomic E-state index is 12.6. The molecule has 3 aromatic rings. The van der Waals surface area contributed by atoms with Gasteiger partial charge in [0.05, 0.1) is 12.1 Å². The third kappa shape index (κ3) is 4.38. The number of nitrogen functional groups attached to an aromatic ring is 1. The minimum absolute atomic E-state index is 0.0337. The van der Waals surface area contributed by atoms with Crippen LogP contribution in [-0.2, 0) is 21.2 Å². The summed E-state index contributed by atoms with van der Waals surface area (Å²) in [6, 6.07) is 15.2. The van der Waals surface area contributed by atoms with Gasteiger partial charge in [-0.3, -0.25) is 9.69 Å². The average Bonchev–Trinajstić information content (AvgIpc) is 3.04. The zero-order valence-electron chi connectivity index (χ0n) is 15.4. The van der Waals surface area contributed by atoms with Gasteiger partial charge < -0.3 is 5.73 Å². The number of nitrogens with two attached hydrogens (primary N) is 2. The van der Waals surface area contributed by atoms with Crippen LogP contribution in [-0.4, -0.2) is 26.4 Å². The van der Waals surface area contributed by atoms with Crippen LogP contribution in [0.1, 0.15) is 11.3 Å². The van der Waals surface area contributed by atoms with Gasteiger partial charge in [0.1, 0.15) is 0 Å². The molecule has 146 valence electrons. The predicted octanol–water partition coefficient (Wildman–Crippen LogP) is 2.55. The highest BCUT2D eigenvalue weighted by molar-refractivity contribution is 7.91. The number of carbonyl (C=O) groups is 1. The number of aryl methyl sites for hydroxylation is 1. The molecule has 3 rings (SSSR count). The van der Waals surface area contributed by atoms with Gasteiger partial charge in [-0.15, -0.1) is 0 Å². The summed E-state index contributed by atoms with van der Waals surface area (Å²) in [7, 11) is -2.29. The van der Waals surface area contributed by atoms with Crippen molar-refractivity contribution in [2.45, 2.75) is 17.6 Å². The largest absolute Gasteiger partial charge is 0.399 e. The van der Waals surface area contributed by atoms with Crippen LogP contribution in [0.5, 0.6) is 0 Å². The molecule has 7 nitrogen and oxygen atoms in total. The second-order valence-corrected chi connectivity index (χ2v) is 9.10. The van der Waals surface area contributed by atoms with Gasteiger partial charge in [-0.25, -0.2) is 18.5 Å². The van der Waals surface area contributed by atoms with Crippen molar-refractivity contribution in [1.82, 2.24) is 4.98 Å². The number of benzene rings is 2. The van der Waals surface area contributed by atoms with E-state index < -0.39 is 10.0 Å². The summed E-state index contributed by atoms with van der Waals surface area (Å²) in [5, 5.41) is 5.47.